The molecule has 1 N–H and O–H groups in total. The number of hydrogen-bond acceptors (Lipinski definition) is 1. The van der Waals surface area contributed by atoms with Crippen LogP contribution in [0.4, 0.5) is 0 Å². The molecule has 1 nitrogen and oxygen atoms in total. The molecular weight excluding hydrogens is 182 g/mol. The van der Waals surface area contributed by atoms with Crippen LogP contribution in [0.1, 0.15) is 72.1 Å². The summed E-state index contributed by atoms with van der Waals surface area (Å²) < 4.78 is 0. The Labute approximate surface area is 96.0 Å². The summed E-state index contributed by atoms with van der Waals surface area (Å²) >= 11 is 0. The third kappa shape index (κ3) is 4.55. The van der Waals surface area contributed by atoms with E-state index in [1.807, 2.05) is 0 Å². The van der Waals surface area contributed by atoms with Crippen molar-refractivity contribution in [1.82, 2.24) is 5.32 Å². The van der Waals surface area contributed by atoms with E-state index in [4.69, 9.17) is 0 Å². The highest BCUT2D eigenvalue weighted by molar-refractivity contribution is 4.78. The minimum atomic E-state index is 0.738. The molecule has 0 radical (unpaired) electrons. The Morgan fingerprint density at radius 3 is 2.33 bits per heavy atom. The van der Waals surface area contributed by atoms with Crippen molar-refractivity contribution in [3.05, 3.63) is 0 Å². The van der Waals surface area contributed by atoms with Crippen LogP contribution in [0, 0.1) is 5.92 Å². The van der Waals surface area contributed by atoms with Gasteiger partial charge in [0.2, 0.25) is 0 Å². The monoisotopic (exact) mass is 211 g/mol. The SMILES string of the molecule is CCCC(CC)NC(C)C1CCCCC1. The lowest BCUT2D eigenvalue weighted by Gasteiger charge is -2.31. The first-order chi connectivity index (χ1) is 7.27. The van der Waals surface area contributed by atoms with E-state index in [2.05, 4.69) is 26.1 Å². The van der Waals surface area contributed by atoms with Crippen LogP contribution in [0.25, 0.3) is 0 Å². The van der Waals surface area contributed by atoms with E-state index in [0.717, 1.165) is 18.0 Å². The lowest BCUT2D eigenvalue weighted by atomic mass is 9.84. The van der Waals surface area contributed by atoms with E-state index in [0.29, 0.717) is 0 Å². The van der Waals surface area contributed by atoms with Crippen molar-refractivity contribution in [2.24, 2.45) is 5.92 Å². The summed E-state index contributed by atoms with van der Waals surface area (Å²) in [7, 11) is 0. The van der Waals surface area contributed by atoms with E-state index in [-0.39, 0.29) is 0 Å². The minimum Gasteiger partial charge on any atom is -0.311 e. The molecule has 0 bridgehead atoms. The van der Waals surface area contributed by atoms with Crippen LogP contribution in [0.15, 0.2) is 0 Å². The molecule has 2 atom stereocenters. The molecule has 1 aliphatic rings. The van der Waals surface area contributed by atoms with Gasteiger partial charge in [-0.15, -0.1) is 0 Å². The predicted molar refractivity (Wildman–Crippen MR) is 68.2 cm³/mol. The van der Waals surface area contributed by atoms with Gasteiger partial charge in [-0.3, -0.25) is 0 Å². The van der Waals surface area contributed by atoms with Crippen LogP contribution in [0.2, 0.25) is 0 Å². The molecule has 0 aliphatic heterocycles. The summed E-state index contributed by atoms with van der Waals surface area (Å²) in [6.07, 6.45) is 11.2. The highest BCUT2D eigenvalue weighted by atomic mass is 14.9. The Hall–Kier alpha value is -0.0400. The molecule has 0 aromatic rings. The average molecular weight is 211 g/mol. The average Bonchev–Trinajstić information content (AvgIpc) is 2.29. The van der Waals surface area contributed by atoms with Crippen molar-refractivity contribution >= 4 is 0 Å². The number of hydrogen-bond donors (Lipinski definition) is 1. The molecular formula is C14H29N. The van der Waals surface area contributed by atoms with Crippen LogP contribution in [0.3, 0.4) is 0 Å². The maximum Gasteiger partial charge on any atom is 0.00695 e. The van der Waals surface area contributed by atoms with Gasteiger partial charge in [-0.05, 0) is 38.5 Å². The second-order valence-corrected chi connectivity index (χ2v) is 5.25. The zero-order valence-corrected chi connectivity index (χ0v) is 10.9. The van der Waals surface area contributed by atoms with Crippen LogP contribution in [0.5, 0.6) is 0 Å². The molecule has 0 aromatic heterocycles. The van der Waals surface area contributed by atoms with Gasteiger partial charge < -0.3 is 5.32 Å². The summed E-state index contributed by atoms with van der Waals surface area (Å²) in [5.74, 6) is 0.949. The summed E-state index contributed by atoms with van der Waals surface area (Å²) in [4.78, 5) is 0. The first-order valence-corrected chi connectivity index (χ1v) is 7.04. The zero-order valence-electron chi connectivity index (χ0n) is 10.9. The lowest BCUT2D eigenvalue weighted by Crippen LogP contribution is -2.41. The summed E-state index contributed by atoms with van der Waals surface area (Å²) in [5.41, 5.74) is 0. The van der Waals surface area contributed by atoms with Gasteiger partial charge >= 0.3 is 0 Å². The van der Waals surface area contributed by atoms with Gasteiger partial charge in [0.15, 0.2) is 0 Å². The molecule has 15 heavy (non-hydrogen) atoms. The van der Waals surface area contributed by atoms with Crippen LogP contribution in [-0.2, 0) is 0 Å². The Kier molecular flexibility index (Phi) is 6.31. The maximum atomic E-state index is 3.84. The van der Waals surface area contributed by atoms with Crippen molar-refractivity contribution < 1.29 is 0 Å². The molecule has 0 aromatic carbocycles. The lowest BCUT2D eigenvalue weighted by molar-refractivity contribution is 0.257. The first kappa shape index (κ1) is 13.0. The van der Waals surface area contributed by atoms with E-state index in [1.165, 1.54) is 51.4 Å². The van der Waals surface area contributed by atoms with Crippen molar-refractivity contribution in [2.75, 3.05) is 0 Å². The molecule has 1 fully saturated rings. The third-order valence-corrected chi connectivity index (χ3v) is 3.99. The van der Waals surface area contributed by atoms with Gasteiger partial charge in [0.05, 0.1) is 0 Å². The van der Waals surface area contributed by atoms with E-state index in [9.17, 15) is 0 Å². The van der Waals surface area contributed by atoms with Gasteiger partial charge in [0, 0.05) is 12.1 Å². The highest BCUT2D eigenvalue weighted by Crippen LogP contribution is 2.26. The number of rotatable bonds is 6. The van der Waals surface area contributed by atoms with E-state index in [1.54, 1.807) is 0 Å². The van der Waals surface area contributed by atoms with Gasteiger partial charge in [-0.2, -0.15) is 0 Å². The molecule has 0 spiro atoms. The predicted octanol–water partition coefficient (Wildman–Crippen LogP) is 4.12. The zero-order chi connectivity index (χ0) is 11.1. The molecule has 1 saturated carbocycles. The molecule has 0 amide bonds. The summed E-state index contributed by atoms with van der Waals surface area (Å²) in [6, 6.07) is 1.49. The molecule has 1 heteroatoms. The molecule has 1 rings (SSSR count). The maximum absolute atomic E-state index is 3.84. The van der Waals surface area contributed by atoms with Crippen molar-refractivity contribution in [1.29, 1.82) is 0 Å². The van der Waals surface area contributed by atoms with E-state index < -0.39 is 0 Å². The summed E-state index contributed by atoms with van der Waals surface area (Å²) in [6.45, 7) is 6.99. The topological polar surface area (TPSA) is 12.0 Å². The second kappa shape index (κ2) is 7.27. The smallest absolute Gasteiger partial charge is 0.00695 e. The Balaban J connectivity index is 2.28. The minimum absolute atomic E-state index is 0.738. The van der Waals surface area contributed by atoms with Gasteiger partial charge in [-0.1, -0.05) is 39.5 Å². The fourth-order valence-electron chi connectivity index (χ4n) is 2.90. The van der Waals surface area contributed by atoms with E-state index >= 15 is 0 Å². The molecule has 0 heterocycles. The fourth-order valence-corrected chi connectivity index (χ4v) is 2.90. The Morgan fingerprint density at radius 2 is 1.80 bits per heavy atom. The molecule has 1 aliphatic carbocycles. The second-order valence-electron chi connectivity index (χ2n) is 5.25. The highest BCUT2D eigenvalue weighted by Gasteiger charge is 2.21. The van der Waals surface area contributed by atoms with Crippen molar-refractivity contribution in [3.63, 3.8) is 0 Å². The molecule has 90 valence electrons. The first-order valence-electron chi connectivity index (χ1n) is 7.04. The molecule has 2 unspecified atom stereocenters. The molecule has 0 saturated heterocycles. The third-order valence-electron chi connectivity index (χ3n) is 3.99. The largest absolute Gasteiger partial charge is 0.311 e. The van der Waals surface area contributed by atoms with Crippen LogP contribution < -0.4 is 5.32 Å². The van der Waals surface area contributed by atoms with Crippen LogP contribution >= 0.6 is 0 Å². The van der Waals surface area contributed by atoms with Crippen molar-refractivity contribution in [2.45, 2.75) is 84.2 Å². The Morgan fingerprint density at radius 1 is 1.13 bits per heavy atom. The Bertz CT molecular complexity index is 149. The van der Waals surface area contributed by atoms with Gasteiger partial charge in [-0.25, -0.2) is 0 Å². The van der Waals surface area contributed by atoms with Crippen LogP contribution in [-0.4, -0.2) is 12.1 Å². The van der Waals surface area contributed by atoms with Gasteiger partial charge in [0.1, 0.15) is 0 Å². The van der Waals surface area contributed by atoms with Crippen molar-refractivity contribution in [3.8, 4) is 0 Å². The summed E-state index contributed by atoms with van der Waals surface area (Å²) in [5, 5.41) is 3.84. The quantitative estimate of drug-likeness (QED) is 0.697. The normalized spacial score (nSPS) is 22.6. The fraction of sp³-hybridized carbons (Fsp3) is 1.00. The number of nitrogens with one attached hydrogen (secondary N) is 1. The van der Waals surface area contributed by atoms with Gasteiger partial charge in [0.25, 0.3) is 0 Å². The standard InChI is InChI=1S/C14H29N/c1-4-9-14(5-2)15-12(3)13-10-7-6-8-11-13/h12-15H,4-11H2,1-3H3.